The second-order valence-corrected chi connectivity index (χ2v) is 4.51. The number of aromatic nitrogens is 1. The van der Waals surface area contributed by atoms with Crippen LogP contribution in [0.2, 0.25) is 0 Å². The average molecular weight is 262 g/mol. The number of thiophene rings is 1. The Morgan fingerprint density at radius 2 is 2.00 bits per heavy atom. The van der Waals surface area contributed by atoms with E-state index in [1.54, 1.807) is 0 Å². The van der Waals surface area contributed by atoms with Crippen LogP contribution < -0.4 is 5.32 Å². The average Bonchev–Trinajstić information content (AvgIpc) is 2.89. The number of carboxylic acid groups (broad SMARTS) is 1. The third kappa shape index (κ3) is 2.92. The zero-order valence-corrected chi connectivity index (χ0v) is 10.1. The quantitative estimate of drug-likeness (QED) is 0.880. The molecule has 0 spiro atoms. The molecule has 2 aromatic heterocycles. The van der Waals surface area contributed by atoms with Gasteiger partial charge in [-0.3, -0.25) is 4.79 Å². The monoisotopic (exact) mass is 262 g/mol. The molecule has 1 amide bonds. The van der Waals surface area contributed by atoms with Gasteiger partial charge in [0, 0.05) is 4.88 Å². The molecule has 0 fully saturated rings. The molecular weight excluding hydrogens is 252 g/mol. The Morgan fingerprint density at radius 3 is 2.67 bits per heavy atom. The van der Waals surface area contributed by atoms with Crippen molar-refractivity contribution in [3.05, 3.63) is 52.0 Å². The predicted octanol–water partition coefficient (Wildman–Crippen LogP) is 1.77. The lowest BCUT2D eigenvalue weighted by Gasteiger charge is -2.03. The van der Waals surface area contributed by atoms with Crippen molar-refractivity contribution in [2.75, 3.05) is 0 Å². The predicted molar refractivity (Wildman–Crippen MR) is 66.7 cm³/mol. The molecule has 0 unspecified atom stereocenters. The van der Waals surface area contributed by atoms with E-state index >= 15 is 0 Å². The van der Waals surface area contributed by atoms with Crippen LogP contribution in [-0.4, -0.2) is 22.0 Å². The van der Waals surface area contributed by atoms with Crippen LogP contribution in [0.15, 0.2) is 35.7 Å². The maximum absolute atomic E-state index is 11.8. The number of nitrogens with one attached hydrogen (secondary N) is 1. The van der Waals surface area contributed by atoms with Crippen molar-refractivity contribution < 1.29 is 14.7 Å². The molecule has 0 aromatic carbocycles. The minimum absolute atomic E-state index is 0.103. The molecule has 0 aliphatic heterocycles. The fourth-order valence-electron chi connectivity index (χ4n) is 1.35. The van der Waals surface area contributed by atoms with E-state index in [2.05, 4.69) is 10.3 Å². The summed E-state index contributed by atoms with van der Waals surface area (Å²) in [6.07, 6.45) is 0. The summed E-state index contributed by atoms with van der Waals surface area (Å²) in [7, 11) is 0. The summed E-state index contributed by atoms with van der Waals surface area (Å²) >= 11 is 1.54. The minimum atomic E-state index is -1.15. The molecule has 0 aliphatic carbocycles. The minimum Gasteiger partial charge on any atom is -0.477 e. The Labute approximate surface area is 107 Å². The van der Waals surface area contributed by atoms with Crippen LogP contribution in [0.25, 0.3) is 0 Å². The molecule has 2 aromatic rings. The van der Waals surface area contributed by atoms with Gasteiger partial charge in [0.05, 0.1) is 6.54 Å². The lowest BCUT2D eigenvalue weighted by atomic mass is 10.3. The van der Waals surface area contributed by atoms with E-state index in [1.165, 1.54) is 29.5 Å². The van der Waals surface area contributed by atoms with Crippen LogP contribution in [-0.2, 0) is 6.54 Å². The Balaban J connectivity index is 2.04. The van der Waals surface area contributed by atoms with Crippen LogP contribution in [0.3, 0.4) is 0 Å². The van der Waals surface area contributed by atoms with Crippen LogP contribution in [0.1, 0.15) is 25.9 Å². The highest BCUT2D eigenvalue weighted by Gasteiger charge is 2.10. The highest BCUT2D eigenvalue weighted by atomic mass is 32.1. The van der Waals surface area contributed by atoms with Gasteiger partial charge in [-0.25, -0.2) is 9.78 Å². The number of hydrogen-bond donors (Lipinski definition) is 2. The smallest absolute Gasteiger partial charge is 0.354 e. The number of pyridine rings is 1. The molecule has 2 N–H and O–H groups in total. The second kappa shape index (κ2) is 5.42. The van der Waals surface area contributed by atoms with Gasteiger partial charge in [-0.1, -0.05) is 12.1 Å². The molecule has 0 bridgehead atoms. The lowest BCUT2D eigenvalue weighted by Crippen LogP contribution is -2.24. The van der Waals surface area contributed by atoms with Crippen molar-refractivity contribution >= 4 is 23.2 Å². The Kier molecular flexibility index (Phi) is 3.69. The summed E-state index contributed by atoms with van der Waals surface area (Å²) in [5.74, 6) is -1.53. The van der Waals surface area contributed by atoms with Gasteiger partial charge in [0.25, 0.3) is 5.91 Å². The summed E-state index contributed by atoms with van der Waals surface area (Å²) in [5.41, 5.74) is -0.0368. The summed E-state index contributed by atoms with van der Waals surface area (Å²) in [6, 6.07) is 8.13. The van der Waals surface area contributed by atoms with E-state index in [-0.39, 0.29) is 17.3 Å². The third-order valence-corrected chi connectivity index (χ3v) is 3.08. The largest absolute Gasteiger partial charge is 0.477 e. The van der Waals surface area contributed by atoms with E-state index in [9.17, 15) is 9.59 Å². The molecule has 0 saturated heterocycles. The summed E-state index contributed by atoms with van der Waals surface area (Å²) in [6.45, 7) is 0.412. The van der Waals surface area contributed by atoms with Crippen molar-refractivity contribution in [1.29, 1.82) is 0 Å². The molecule has 2 heterocycles. The molecule has 6 heteroatoms. The first kappa shape index (κ1) is 12.3. The highest BCUT2D eigenvalue weighted by Crippen LogP contribution is 2.08. The molecule has 92 valence electrons. The van der Waals surface area contributed by atoms with E-state index < -0.39 is 5.97 Å². The van der Waals surface area contributed by atoms with E-state index in [0.717, 1.165) is 4.88 Å². The first-order valence-electron chi connectivity index (χ1n) is 5.18. The zero-order chi connectivity index (χ0) is 13.0. The van der Waals surface area contributed by atoms with Crippen LogP contribution >= 0.6 is 11.3 Å². The molecule has 0 atom stereocenters. The highest BCUT2D eigenvalue weighted by molar-refractivity contribution is 7.09. The number of nitrogens with zero attached hydrogens (tertiary/aromatic N) is 1. The topological polar surface area (TPSA) is 79.3 Å². The van der Waals surface area contributed by atoms with Crippen molar-refractivity contribution in [2.45, 2.75) is 6.54 Å². The Morgan fingerprint density at radius 1 is 1.22 bits per heavy atom. The van der Waals surface area contributed by atoms with E-state index in [0.29, 0.717) is 6.54 Å². The normalized spacial score (nSPS) is 10.0. The van der Waals surface area contributed by atoms with Gasteiger partial charge in [0.1, 0.15) is 11.4 Å². The summed E-state index contributed by atoms with van der Waals surface area (Å²) in [4.78, 5) is 27.3. The van der Waals surface area contributed by atoms with Crippen LogP contribution in [0.5, 0.6) is 0 Å². The number of amides is 1. The number of carboxylic acids is 1. The number of aromatic carboxylic acids is 1. The molecule has 18 heavy (non-hydrogen) atoms. The fourth-order valence-corrected chi connectivity index (χ4v) is 2.00. The van der Waals surface area contributed by atoms with Crippen LogP contribution in [0, 0.1) is 0 Å². The van der Waals surface area contributed by atoms with Crippen LogP contribution in [0.4, 0.5) is 0 Å². The second-order valence-electron chi connectivity index (χ2n) is 3.48. The van der Waals surface area contributed by atoms with Gasteiger partial charge in [-0.2, -0.15) is 0 Å². The third-order valence-electron chi connectivity index (χ3n) is 2.20. The molecule has 0 radical (unpaired) electrons. The summed E-state index contributed by atoms with van der Waals surface area (Å²) < 4.78 is 0. The number of carbonyl (C=O) groups is 2. The van der Waals surface area contributed by atoms with Gasteiger partial charge >= 0.3 is 5.97 Å². The first-order chi connectivity index (χ1) is 8.66. The zero-order valence-electron chi connectivity index (χ0n) is 9.29. The SMILES string of the molecule is O=C(O)c1cccc(C(=O)NCc2cccs2)n1. The standard InChI is InChI=1S/C12H10N2O3S/c15-11(13-7-8-3-2-6-18-8)9-4-1-5-10(14-9)12(16)17/h1-6H,7H2,(H,13,15)(H,16,17). The Bertz CT molecular complexity index is 566. The van der Waals surface area contributed by atoms with Gasteiger partial charge in [-0.15, -0.1) is 11.3 Å². The number of carbonyl (C=O) groups excluding carboxylic acids is 1. The van der Waals surface area contributed by atoms with Gasteiger partial charge in [0.2, 0.25) is 0 Å². The number of hydrogen-bond acceptors (Lipinski definition) is 4. The summed E-state index contributed by atoms with van der Waals surface area (Å²) in [5, 5.41) is 13.4. The van der Waals surface area contributed by atoms with Gasteiger partial charge in [0.15, 0.2) is 0 Å². The number of rotatable bonds is 4. The van der Waals surface area contributed by atoms with E-state index in [4.69, 9.17) is 5.11 Å². The Hall–Kier alpha value is -2.21. The van der Waals surface area contributed by atoms with Crippen molar-refractivity contribution in [2.24, 2.45) is 0 Å². The first-order valence-corrected chi connectivity index (χ1v) is 6.06. The molecule has 0 aliphatic rings. The fraction of sp³-hybridized carbons (Fsp3) is 0.0833. The van der Waals surface area contributed by atoms with E-state index in [1.807, 2.05) is 17.5 Å². The van der Waals surface area contributed by atoms with Crippen molar-refractivity contribution in [3.63, 3.8) is 0 Å². The van der Waals surface area contributed by atoms with Crippen molar-refractivity contribution in [3.8, 4) is 0 Å². The molecule has 2 rings (SSSR count). The lowest BCUT2D eigenvalue weighted by molar-refractivity contribution is 0.0690. The maximum atomic E-state index is 11.8. The van der Waals surface area contributed by atoms with Gasteiger partial charge in [-0.05, 0) is 23.6 Å². The molecular formula is C12H10N2O3S. The van der Waals surface area contributed by atoms with Gasteiger partial charge < -0.3 is 10.4 Å². The molecule has 5 nitrogen and oxygen atoms in total. The van der Waals surface area contributed by atoms with Crippen molar-refractivity contribution in [1.82, 2.24) is 10.3 Å². The molecule has 0 saturated carbocycles. The maximum Gasteiger partial charge on any atom is 0.354 e.